The molecule has 10 heteroatoms. The second-order valence-electron chi connectivity index (χ2n) is 12.8. The zero-order chi connectivity index (χ0) is 27.0. The first-order valence-electron chi connectivity index (χ1n) is 16.0. The SMILES string of the molecule is CC1CCC(NC(=O)C2CCC(N3CCCCC3)NC2)CC1NC1NCCC(C2CNCC(OCCF)C2)N1. The number of hydrogen-bond acceptors (Lipinski definition) is 8. The van der Waals surface area contributed by atoms with Crippen molar-refractivity contribution in [3.63, 3.8) is 0 Å². The van der Waals surface area contributed by atoms with Crippen LogP contribution in [0, 0.1) is 17.8 Å². The van der Waals surface area contributed by atoms with Gasteiger partial charge in [0, 0.05) is 31.2 Å². The lowest BCUT2D eigenvalue weighted by Crippen LogP contribution is -2.66. The van der Waals surface area contributed by atoms with Crippen LogP contribution in [0.4, 0.5) is 4.39 Å². The lowest BCUT2D eigenvalue weighted by atomic mass is 9.82. The van der Waals surface area contributed by atoms with E-state index >= 15 is 0 Å². The molecule has 0 spiro atoms. The highest BCUT2D eigenvalue weighted by atomic mass is 19.1. The zero-order valence-electron chi connectivity index (χ0n) is 24.1. The summed E-state index contributed by atoms with van der Waals surface area (Å²) in [6, 6.07) is 0.988. The smallest absolute Gasteiger partial charge is 0.224 e. The number of amides is 1. The fourth-order valence-electron chi connectivity index (χ4n) is 7.62. The van der Waals surface area contributed by atoms with E-state index in [9.17, 15) is 9.18 Å². The van der Waals surface area contributed by atoms with Gasteiger partial charge in [0.05, 0.1) is 24.8 Å². The Balaban J connectivity index is 1.05. The molecule has 4 saturated heterocycles. The molecule has 1 aliphatic carbocycles. The molecule has 6 N–H and O–H groups in total. The molecule has 9 atom stereocenters. The maximum atomic E-state index is 13.2. The Bertz CT molecular complexity index is 749. The lowest BCUT2D eigenvalue weighted by molar-refractivity contribution is -0.127. The van der Waals surface area contributed by atoms with Crippen LogP contribution >= 0.6 is 0 Å². The summed E-state index contributed by atoms with van der Waals surface area (Å²) in [4.78, 5) is 15.8. The largest absolute Gasteiger partial charge is 0.374 e. The van der Waals surface area contributed by atoms with E-state index in [1.165, 1.54) is 32.4 Å². The normalized spacial score (nSPS) is 40.7. The van der Waals surface area contributed by atoms with Gasteiger partial charge in [-0.1, -0.05) is 13.3 Å². The molecular weight excluding hydrogens is 497 g/mol. The molecule has 224 valence electrons. The van der Waals surface area contributed by atoms with Gasteiger partial charge in [-0.05, 0) is 95.8 Å². The lowest BCUT2D eigenvalue weighted by Gasteiger charge is -2.43. The van der Waals surface area contributed by atoms with E-state index in [0.29, 0.717) is 30.1 Å². The van der Waals surface area contributed by atoms with Crippen LogP contribution in [-0.4, -0.2) is 100 Å². The summed E-state index contributed by atoms with van der Waals surface area (Å²) in [6.07, 6.45) is 11.8. The maximum absolute atomic E-state index is 13.2. The van der Waals surface area contributed by atoms with Gasteiger partial charge in [0.15, 0.2) is 0 Å². The minimum atomic E-state index is -0.420. The Kier molecular flexibility index (Phi) is 11.3. The molecule has 39 heavy (non-hydrogen) atoms. The number of halogens is 1. The molecular formula is C29H54FN7O2. The van der Waals surface area contributed by atoms with Crippen molar-refractivity contribution in [2.45, 2.75) is 108 Å². The van der Waals surface area contributed by atoms with E-state index in [1.807, 2.05) is 0 Å². The molecule has 0 bridgehead atoms. The number of hydrogen-bond donors (Lipinski definition) is 6. The number of likely N-dealkylation sites (tertiary alicyclic amines) is 1. The molecule has 0 aromatic rings. The average molecular weight is 552 g/mol. The van der Waals surface area contributed by atoms with Crippen LogP contribution < -0.4 is 31.9 Å². The van der Waals surface area contributed by atoms with Gasteiger partial charge in [-0.3, -0.25) is 25.6 Å². The molecule has 1 saturated carbocycles. The fraction of sp³-hybridized carbons (Fsp3) is 0.966. The molecule has 1 amide bonds. The summed E-state index contributed by atoms with van der Waals surface area (Å²) in [5.41, 5.74) is 0. The number of carbonyl (C=O) groups is 1. The van der Waals surface area contributed by atoms with Gasteiger partial charge in [-0.25, -0.2) is 4.39 Å². The number of nitrogens with zero attached hydrogens (tertiary/aromatic N) is 1. The Labute approximate surface area is 234 Å². The predicted molar refractivity (Wildman–Crippen MR) is 152 cm³/mol. The summed E-state index contributed by atoms with van der Waals surface area (Å²) in [7, 11) is 0. The van der Waals surface area contributed by atoms with E-state index in [4.69, 9.17) is 4.74 Å². The van der Waals surface area contributed by atoms with Crippen molar-refractivity contribution in [3.8, 4) is 0 Å². The third-order valence-corrected chi connectivity index (χ3v) is 10.0. The van der Waals surface area contributed by atoms with Gasteiger partial charge < -0.3 is 20.7 Å². The van der Waals surface area contributed by atoms with Crippen LogP contribution in [0.15, 0.2) is 0 Å². The minimum Gasteiger partial charge on any atom is -0.374 e. The molecule has 0 radical (unpaired) electrons. The second-order valence-corrected chi connectivity index (χ2v) is 12.8. The summed E-state index contributed by atoms with van der Waals surface area (Å²) in [6.45, 7) is 8.05. The molecule has 5 rings (SSSR count). The summed E-state index contributed by atoms with van der Waals surface area (Å²) in [5, 5.41) is 21.9. The van der Waals surface area contributed by atoms with Crippen LogP contribution in [0.25, 0.3) is 0 Å². The van der Waals surface area contributed by atoms with E-state index < -0.39 is 6.67 Å². The zero-order valence-corrected chi connectivity index (χ0v) is 24.1. The first-order valence-corrected chi connectivity index (χ1v) is 16.0. The van der Waals surface area contributed by atoms with Gasteiger partial charge in [0.1, 0.15) is 13.0 Å². The predicted octanol–water partition coefficient (Wildman–Crippen LogP) is 1.26. The van der Waals surface area contributed by atoms with Crippen LogP contribution in [0.5, 0.6) is 0 Å². The van der Waals surface area contributed by atoms with Gasteiger partial charge in [-0.2, -0.15) is 0 Å². The topological polar surface area (TPSA) is 102 Å². The molecule has 5 aliphatic rings. The van der Waals surface area contributed by atoms with Crippen molar-refractivity contribution >= 4 is 5.91 Å². The number of carbonyl (C=O) groups excluding carboxylic acids is 1. The summed E-state index contributed by atoms with van der Waals surface area (Å²) < 4.78 is 18.3. The number of piperidine rings is 3. The van der Waals surface area contributed by atoms with E-state index in [1.54, 1.807) is 0 Å². The highest BCUT2D eigenvalue weighted by molar-refractivity contribution is 5.79. The Morgan fingerprint density at radius 1 is 1.00 bits per heavy atom. The molecule has 0 aromatic carbocycles. The van der Waals surface area contributed by atoms with E-state index in [-0.39, 0.29) is 36.9 Å². The van der Waals surface area contributed by atoms with Crippen LogP contribution in [-0.2, 0) is 9.53 Å². The van der Waals surface area contributed by atoms with Crippen molar-refractivity contribution in [2.24, 2.45) is 17.8 Å². The Morgan fingerprint density at radius 3 is 2.67 bits per heavy atom. The van der Waals surface area contributed by atoms with Crippen LogP contribution in [0.1, 0.15) is 71.1 Å². The molecule has 0 aromatic heterocycles. The summed E-state index contributed by atoms with van der Waals surface area (Å²) >= 11 is 0. The molecule has 5 fully saturated rings. The highest BCUT2D eigenvalue weighted by Gasteiger charge is 2.36. The molecule has 9 unspecified atom stereocenters. The first-order chi connectivity index (χ1) is 19.1. The Hall–Kier alpha value is -0.880. The van der Waals surface area contributed by atoms with Crippen molar-refractivity contribution in [2.75, 3.05) is 52.6 Å². The number of rotatable bonds is 9. The molecule has 4 aliphatic heterocycles. The van der Waals surface area contributed by atoms with Gasteiger partial charge in [-0.15, -0.1) is 0 Å². The quantitative estimate of drug-likeness (QED) is 0.255. The third kappa shape index (κ3) is 8.33. The van der Waals surface area contributed by atoms with Gasteiger partial charge >= 0.3 is 0 Å². The molecule has 9 nitrogen and oxygen atoms in total. The van der Waals surface area contributed by atoms with Gasteiger partial charge in [0.25, 0.3) is 0 Å². The Morgan fingerprint density at radius 2 is 1.87 bits per heavy atom. The number of ether oxygens (including phenoxy) is 1. The van der Waals surface area contributed by atoms with Crippen LogP contribution in [0.3, 0.4) is 0 Å². The van der Waals surface area contributed by atoms with Gasteiger partial charge in [0.2, 0.25) is 5.91 Å². The van der Waals surface area contributed by atoms with E-state index in [2.05, 4.69) is 43.7 Å². The van der Waals surface area contributed by atoms with Crippen molar-refractivity contribution in [1.82, 2.24) is 36.8 Å². The highest BCUT2D eigenvalue weighted by Crippen LogP contribution is 2.27. The van der Waals surface area contributed by atoms with Crippen molar-refractivity contribution in [3.05, 3.63) is 0 Å². The summed E-state index contributed by atoms with van der Waals surface area (Å²) in [5.74, 6) is 1.37. The maximum Gasteiger partial charge on any atom is 0.224 e. The minimum absolute atomic E-state index is 0.0621. The van der Waals surface area contributed by atoms with Crippen molar-refractivity contribution in [1.29, 1.82) is 0 Å². The van der Waals surface area contributed by atoms with Crippen molar-refractivity contribution < 1.29 is 13.9 Å². The van der Waals surface area contributed by atoms with E-state index in [0.717, 1.165) is 71.1 Å². The third-order valence-electron chi connectivity index (χ3n) is 10.0. The van der Waals surface area contributed by atoms with Crippen LogP contribution in [0.2, 0.25) is 0 Å². The molecule has 4 heterocycles. The standard InChI is InChI=1S/C29H54FN7O2/c1-20-5-7-23(34-28(38)21-6-8-27(33-18-21)37-12-3-2-4-13-37)16-26(20)36-29-32-11-9-25(35-29)22-15-24(19-31-17-22)39-14-10-30/h20-27,29,31-33,35-36H,2-19H2,1H3,(H,34,38). The first kappa shape index (κ1) is 29.6. The number of nitrogens with one attached hydrogen (secondary N) is 6. The monoisotopic (exact) mass is 551 g/mol. The average Bonchev–Trinajstić information content (AvgIpc) is 2.98. The second kappa shape index (κ2) is 14.8. The number of alkyl halides is 1. The fourth-order valence-corrected chi connectivity index (χ4v) is 7.62.